The molecule has 1 aromatic carbocycles. The summed E-state index contributed by atoms with van der Waals surface area (Å²) in [5.41, 5.74) is 0.168. The summed E-state index contributed by atoms with van der Waals surface area (Å²) in [6.07, 6.45) is 1.49. The summed E-state index contributed by atoms with van der Waals surface area (Å²) in [6, 6.07) is 6.23. The van der Waals surface area contributed by atoms with Crippen LogP contribution in [0.15, 0.2) is 46.3 Å². The molecule has 0 bridgehead atoms. The second kappa shape index (κ2) is 9.66. The van der Waals surface area contributed by atoms with Gasteiger partial charge in [-0.25, -0.2) is 18.4 Å². The fourth-order valence-electron chi connectivity index (χ4n) is 2.60. The molecule has 0 fully saturated rings. The largest absolute Gasteiger partial charge is 0.497 e. The predicted octanol–water partition coefficient (Wildman–Crippen LogP) is 4.76. The van der Waals surface area contributed by atoms with Gasteiger partial charge in [-0.05, 0) is 52.0 Å². The molecule has 1 heterocycles. The molecule has 1 atom stereocenters. The van der Waals surface area contributed by atoms with Crippen LogP contribution in [0.2, 0.25) is 0 Å². The van der Waals surface area contributed by atoms with Crippen LogP contribution < -0.4 is 4.74 Å². The van der Waals surface area contributed by atoms with E-state index < -0.39 is 39.8 Å². The van der Waals surface area contributed by atoms with Gasteiger partial charge in [-0.2, -0.15) is 0 Å². The second-order valence-corrected chi connectivity index (χ2v) is 11.8. The van der Waals surface area contributed by atoms with Crippen molar-refractivity contribution in [2.24, 2.45) is 0 Å². The highest BCUT2D eigenvalue weighted by Crippen LogP contribution is 2.66. The van der Waals surface area contributed by atoms with Gasteiger partial charge in [0.25, 0.3) is 0 Å². The SMILES string of the molecule is COc1ccc(Br)c(C(P(=O)(OC(C)C)OC(C)C)S(=O)(=O)c2ncccn2)c1. The topological polar surface area (TPSA) is 105 Å². The van der Waals surface area contributed by atoms with Gasteiger partial charge < -0.3 is 13.8 Å². The van der Waals surface area contributed by atoms with E-state index in [9.17, 15) is 13.0 Å². The standard InChI is InChI=1S/C18H24BrN2O6PS/c1-12(2)26-28(22,27-13(3)4)17(15-11-14(25-5)7-8-16(15)19)29(23,24)18-20-9-6-10-21-18/h6-13,17H,1-5H3. The predicted molar refractivity (Wildman–Crippen MR) is 113 cm³/mol. The maximum atomic E-state index is 14.0. The molecular weight excluding hydrogens is 483 g/mol. The van der Waals surface area contributed by atoms with Crippen LogP contribution in [0.3, 0.4) is 0 Å². The number of rotatable bonds is 9. The first-order valence-corrected chi connectivity index (χ1v) is 12.8. The molecule has 2 rings (SSSR count). The normalized spacial score (nSPS) is 13.7. The van der Waals surface area contributed by atoms with Gasteiger partial charge in [0.1, 0.15) is 5.75 Å². The Balaban J connectivity index is 2.83. The zero-order chi connectivity index (χ0) is 21.8. The third kappa shape index (κ3) is 5.64. The second-order valence-electron chi connectivity index (χ2n) is 6.66. The average molecular weight is 507 g/mol. The van der Waals surface area contributed by atoms with E-state index in [0.717, 1.165) is 0 Å². The fourth-order valence-corrected chi connectivity index (χ4v) is 8.49. The van der Waals surface area contributed by atoms with Crippen LogP contribution in [0.25, 0.3) is 0 Å². The quantitative estimate of drug-likeness (QED) is 0.353. The van der Waals surface area contributed by atoms with E-state index in [4.69, 9.17) is 13.8 Å². The lowest BCUT2D eigenvalue weighted by Gasteiger charge is -2.30. The van der Waals surface area contributed by atoms with Gasteiger partial charge in [-0.1, -0.05) is 15.9 Å². The first-order chi connectivity index (χ1) is 13.5. The minimum atomic E-state index is -4.37. The number of benzene rings is 1. The Morgan fingerprint density at radius 2 is 1.59 bits per heavy atom. The number of methoxy groups -OCH3 is 1. The lowest BCUT2D eigenvalue weighted by atomic mass is 10.2. The first kappa shape index (κ1) is 24.0. The van der Waals surface area contributed by atoms with Gasteiger partial charge in [0, 0.05) is 22.4 Å². The highest BCUT2D eigenvalue weighted by atomic mass is 79.9. The highest BCUT2D eigenvalue weighted by Gasteiger charge is 2.50. The number of ether oxygens (including phenoxy) is 1. The summed E-state index contributed by atoms with van der Waals surface area (Å²) in [4.78, 5) is 6.02. The van der Waals surface area contributed by atoms with Crippen molar-refractivity contribution in [2.75, 3.05) is 7.11 Å². The summed E-state index contributed by atoms with van der Waals surface area (Å²) in [5.74, 6) is 0.387. The van der Waals surface area contributed by atoms with Crippen LogP contribution in [-0.2, 0) is 23.4 Å². The van der Waals surface area contributed by atoms with Crippen LogP contribution in [0, 0.1) is 0 Å². The van der Waals surface area contributed by atoms with E-state index in [-0.39, 0.29) is 5.56 Å². The van der Waals surface area contributed by atoms with E-state index in [0.29, 0.717) is 10.2 Å². The Kier molecular flexibility index (Phi) is 7.98. The Bertz CT molecular complexity index is 971. The summed E-state index contributed by atoms with van der Waals surface area (Å²) in [5, 5.41) is -0.473. The molecular formula is C18H24BrN2O6PS. The van der Waals surface area contributed by atoms with Gasteiger partial charge in [0.2, 0.25) is 15.0 Å². The molecule has 0 N–H and O–H groups in total. The third-order valence-electron chi connectivity index (χ3n) is 3.56. The third-order valence-corrected chi connectivity index (χ3v) is 9.74. The Morgan fingerprint density at radius 3 is 2.07 bits per heavy atom. The van der Waals surface area contributed by atoms with Crippen molar-refractivity contribution >= 4 is 33.4 Å². The van der Waals surface area contributed by atoms with Crippen molar-refractivity contribution < 1.29 is 26.8 Å². The molecule has 2 aromatic rings. The van der Waals surface area contributed by atoms with Crippen LogP contribution in [0.5, 0.6) is 5.75 Å². The zero-order valence-corrected chi connectivity index (χ0v) is 20.1. The van der Waals surface area contributed by atoms with Crippen molar-refractivity contribution in [1.29, 1.82) is 0 Å². The average Bonchev–Trinajstić information content (AvgIpc) is 2.62. The van der Waals surface area contributed by atoms with Gasteiger partial charge in [0.15, 0.2) is 4.99 Å². The molecule has 29 heavy (non-hydrogen) atoms. The molecule has 0 radical (unpaired) electrons. The van der Waals surface area contributed by atoms with E-state index >= 15 is 0 Å². The maximum absolute atomic E-state index is 14.0. The maximum Gasteiger partial charge on any atom is 0.354 e. The van der Waals surface area contributed by atoms with Crippen molar-refractivity contribution in [3.8, 4) is 5.75 Å². The number of nitrogens with zero attached hydrogens (tertiary/aromatic N) is 2. The van der Waals surface area contributed by atoms with Crippen molar-refractivity contribution in [1.82, 2.24) is 9.97 Å². The number of sulfone groups is 1. The Labute approximate surface area is 179 Å². The van der Waals surface area contributed by atoms with Crippen molar-refractivity contribution in [2.45, 2.75) is 50.1 Å². The molecule has 8 nitrogen and oxygen atoms in total. The van der Waals surface area contributed by atoms with Gasteiger partial charge >= 0.3 is 7.60 Å². The van der Waals surface area contributed by atoms with Gasteiger partial charge in [0.05, 0.1) is 19.3 Å². The van der Waals surface area contributed by atoms with Crippen molar-refractivity contribution in [3.63, 3.8) is 0 Å². The van der Waals surface area contributed by atoms with E-state index in [1.54, 1.807) is 39.8 Å². The number of hydrogen-bond donors (Lipinski definition) is 0. The number of halogens is 1. The first-order valence-electron chi connectivity index (χ1n) is 8.82. The highest BCUT2D eigenvalue weighted by molar-refractivity contribution is 9.10. The smallest absolute Gasteiger partial charge is 0.354 e. The molecule has 0 aliphatic heterocycles. The van der Waals surface area contributed by atoms with Crippen molar-refractivity contribution in [3.05, 3.63) is 46.7 Å². The van der Waals surface area contributed by atoms with Gasteiger partial charge in [-0.15, -0.1) is 0 Å². The molecule has 0 amide bonds. The zero-order valence-electron chi connectivity index (χ0n) is 16.8. The van der Waals surface area contributed by atoms with Crippen LogP contribution in [0.4, 0.5) is 0 Å². The lowest BCUT2D eigenvalue weighted by molar-refractivity contribution is 0.140. The number of hydrogen-bond acceptors (Lipinski definition) is 8. The molecule has 0 saturated heterocycles. The van der Waals surface area contributed by atoms with Crippen LogP contribution >= 0.6 is 23.5 Å². The Morgan fingerprint density at radius 1 is 1.03 bits per heavy atom. The molecule has 1 aromatic heterocycles. The van der Waals surface area contributed by atoms with E-state index in [1.807, 2.05) is 0 Å². The summed E-state index contributed by atoms with van der Waals surface area (Å²) in [7, 11) is -7.18. The summed E-state index contributed by atoms with van der Waals surface area (Å²) in [6.45, 7) is 6.61. The van der Waals surface area contributed by atoms with E-state index in [2.05, 4.69) is 25.9 Å². The lowest BCUT2D eigenvalue weighted by Crippen LogP contribution is -2.22. The molecule has 1 unspecified atom stereocenters. The minimum absolute atomic E-state index is 0.168. The molecule has 160 valence electrons. The fraction of sp³-hybridized carbons (Fsp3) is 0.444. The summed E-state index contributed by atoms with van der Waals surface area (Å²) >= 11 is 3.36. The van der Waals surface area contributed by atoms with Crippen LogP contribution in [0.1, 0.15) is 38.2 Å². The van der Waals surface area contributed by atoms with E-state index in [1.165, 1.54) is 31.6 Å². The molecule has 0 saturated carbocycles. The summed E-state index contributed by atoms with van der Waals surface area (Å²) < 4.78 is 58.0. The molecule has 0 aliphatic carbocycles. The molecule has 0 aliphatic rings. The molecule has 11 heteroatoms. The van der Waals surface area contributed by atoms with Crippen LogP contribution in [-0.4, -0.2) is 37.7 Å². The van der Waals surface area contributed by atoms with Gasteiger partial charge in [-0.3, -0.25) is 4.57 Å². The minimum Gasteiger partial charge on any atom is -0.497 e. The molecule has 0 spiro atoms. The monoisotopic (exact) mass is 506 g/mol. The number of aromatic nitrogens is 2. The Hall–Kier alpha value is -1.32.